The quantitative estimate of drug-likeness (QED) is 0.824. The van der Waals surface area contributed by atoms with Crippen LogP contribution < -0.4 is 4.90 Å². The minimum atomic E-state index is 0.0471. The molecule has 1 aromatic rings. The van der Waals surface area contributed by atoms with Gasteiger partial charge in [0.1, 0.15) is 0 Å². The van der Waals surface area contributed by atoms with Gasteiger partial charge >= 0.3 is 0 Å². The van der Waals surface area contributed by atoms with Gasteiger partial charge in [-0.15, -0.1) is 0 Å². The summed E-state index contributed by atoms with van der Waals surface area (Å²) < 4.78 is 0. The monoisotopic (exact) mass is 219 g/mol. The highest BCUT2D eigenvalue weighted by molar-refractivity contribution is 5.96. The highest BCUT2D eigenvalue weighted by Gasteiger charge is 2.28. The number of carbonyl (C=O) groups is 1. The largest absolute Gasteiger partial charge is 0.392 e. The molecule has 1 amide bonds. The van der Waals surface area contributed by atoms with Crippen molar-refractivity contribution in [3.8, 4) is 0 Å². The first-order valence-electron chi connectivity index (χ1n) is 5.62. The molecule has 0 aliphatic carbocycles. The van der Waals surface area contributed by atoms with Gasteiger partial charge in [0.2, 0.25) is 5.91 Å². The zero-order chi connectivity index (χ0) is 11.7. The van der Waals surface area contributed by atoms with Crippen molar-refractivity contribution in [3.05, 3.63) is 29.3 Å². The number of aryl methyl sites for hydroxylation is 1. The molecule has 3 heteroatoms. The van der Waals surface area contributed by atoms with E-state index in [-0.39, 0.29) is 12.5 Å². The molecule has 16 heavy (non-hydrogen) atoms. The number of nitrogens with zero attached hydrogens (tertiary/aromatic N) is 1. The maximum absolute atomic E-state index is 11.8. The van der Waals surface area contributed by atoms with E-state index in [1.165, 1.54) is 0 Å². The van der Waals surface area contributed by atoms with E-state index in [0.29, 0.717) is 12.3 Å². The molecule has 1 aliphatic rings. The lowest BCUT2D eigenvalue weighted by molar-refractivity contribution is -0.117. The summed E-state index contributed by atoms with van der Waals surface area (Å²) >= 11 is 0. The van der Waals surface area contributed by atoms with E-state index in [2.05, 4.69) is 6.92 Å². The highest BCUT2D eigenvalue weighted by atomic mass is 16.3. The molecule has 1 heterocycles. The van der Waals surface area contributed by atoms with Gasteiger partial charge in [0.05, 0.1) is 6.61 Å². The topological polar surface area (TPSA) is 40.5 Å². The van der Waals surface area contributed by atoms with Crippen LogP contribution in [0.15, 0.2) is 18.2 Å². The fourth-order valence-electron chi connectivity index (χ4n) is 2.24. The van der Waals surface area contributed by atoms with E-state index in [9.17, 15) is 4.79 Å². The van der Waals surface area contributed by atoms with Crippen LogP contribution in [0.4, 0.5) is 5.69 Å². The normalized spacial score (nSPS) is 20.6. The van der Waals surface area contributed by atoms with Crippen LogP contribution in [-0.4, -0.2) is 17.6 Å². The smallest absolute Gasteiger partial charge is 0.227 e. The van der Waals surface area contributed by atoms with Crippen LogP contribution >= 0.6 is 0 Å². The number of amides is 1. The first-order chi connectivity index (χ1) is 7.61. The number of anilines is 1. The van der Waals surface area contributed by atoms with Crippen molar-refractivity contribution in [2.75, 3.05) is 11.4 Å². The third-order valence-corrected chi connectivity index (χ3v) is 3.05. The Balaban J connectivity index is 2.30. The van der Waals surface area contributed by atoms with Crippen LogP contribution in [0.2, 0.25) is 0 Å². The molecule has 3 nitrogen and oxygen atoms in total. The first-order valence-corrected chi connectivity index (χ1v) is 5.62. The minimum absolute atomic E-state index is 0.0471. The molecule has 0 saturated carbocycles. The summed E-state index contributed by atoms with van der Waals surface area (Å²) in [6.07, 6.45) is 0.640. The third-order valence-electron chi connectivity index (χ3n) is 3.05. The number of hydrogen-bond acceptors (Lipinski definition) is 2. The lowest BCUT2D eigenvalue weighted by Crippen LogP contribution is -2.25. The Morgan fingerprint density at radius 1 is 1.50 bits per heavy atom. The molecule has 0 spiro atoms. The van der Waals surface area contributed by atoms with Gasteiger partial charge < -0.3 is 10.0 Å². The summed E-state index contributed by atoms with van der Waals surface area (Å²) in [4.78, 5) is 13.6. The molecule has 1 unspecified atom stereocenters. The fourth-order valence-corrected chi connectivity index (χ4v) is 2.24. The lowest BCUT2D eigenvalue weighted by Gasteiger charge is -2.19. The van der Waals surface area contributed by atoms with E-state index < -0.39 is 0 Å². The van der Waals surface area contributed by atoms with Crippen molar-refractivity contribution in [2.45, 2.75) is 26.9 Å². The third kappa shape index (κ3) is 1.95. The number of aliphatic hydroxyl groups excluding tert-OH is 1. The Labute approximate surface area is 95.7 Å². The molecule has 1 atom stereocenters. The molecule has 1 aliphatic heterocycles. The molecule has 1 aromatic carbocycles. The Hall–Kier alpha value is -1.35. The van der Waals surface area contributed by atoms with Crippen LogP contribution in [0, 0.1) is 12.8 Å². The predicted octanol–water partition coefficient (Wildman–Crippen LogP) is 1.86. The number of aliphatic hydroxyl groups is 1. The summed E-state index contributed by atoms with van der Waals surface area (Å²) in [5, 5.41) is 9.03. The van der Waals surface area contributed by atoms with E-state index in [1.54, 1.807) is 0 Å². The van der Waals surface area contributed by atoms with Gasteiger partial charge in [-0.05, 0) is 30.0 Å². The number of benzene rings is 1. The highest BCUT2D eigenvalue weighted by Crippen LogP contribution is 2.28. The minimum Gasteiger partial charge on any atom is -0.392 e. The lowest BCUT2D eigenvalue weighted by atomic mass is 10.1. The van der Waals surface area contributed by atoms with Gasteiger partial charge in [0.25, 0.3) is 0 Å². The van der Waals surface area contributed by atoms with Crippen LogP contribution in [0.5, 0.6) is 0 Å². The van der Waals surface area contributed by atoms with E-state index in [0.717, 1.165) is 23.4 Å². The van der Waals surface area contributed by atoms with Gasteiger partial charge in [-0.1, -0.05) is 19.1 Å². The van der Waals surface area contributed by atoms with Gasteiger partial charge in [0.15, 0.2) is 0 Å². The summed E-state index contributed by atoms with van der Waals surface area (Å²) in [6.45, 7) is 4.92. The van der Waals surface area contributed by atoms with Crippen molar-refractivity contribution in [1.82, 2.24) is 0 Å². The second kappa shape index (κ2) is 4.26. The maximum Gasteiger partial charge on any atom is 0.227 e. The summed E-state index contributed by atoms with van der Waals surface area (Å²) in [5.74, 6) is 0.636. The molecule has 0 radical (unpaired) electrons. The molecule has 1 fully saturated rings. The number of rotatable bonds is 2. The average Bonchev–Trinajstić information content (AvgIpc) is 2.57. The Bertz CT molecular complexity index is 414. The van der Waals surface area contributed by atoms with Crippen molar-refractivity contribution in [3.63, 3.8) is 0 Å². The summed E-state index contributed by atoms with van der Waals surface area (Å²) in [6, 6.07) is 5.74. The van der Waals surface area contributed by atoms with Crippen LogP contribution in [-0.2, 0) is 11.4 Å². The van der Waals surface area contributed by atoms with Crippen LogP contribution in [0.3, 0.4) is 0 Å². The van der Waals surface area contributed by atoms with Gasteiger partial charge in [-0.3, -0.25) is 4.79 Å². The van der Waals surface area contributed by atoms with Crippen molar-refractivity contribution >= 4 is 11.6 Å². The molecular weight excluding hydrogens is 202 g/mol. The second-order valence-electron chi connectivity index (χ2n) is 4.59. The zero-order valence-corrected chi connectivity index (χ0v) is 9.73. The first kappa shape index (κ1) is 11.1. The predicted molar refractivity (Wildman–Crippen MR) is 63.2 cm³/mol. The Morgan fingerprint density at radius 2 is 2.25 bits per heavy atom. The Kier molecular flexibility index (Phi) is 2.97. The number of carbonyl (C=O) groups excluding carboxylic acids is 1. The van der Waals surface area contributed by atoms with Crippen LogP contribution in [0.1, 0.15) is 24.5 Å². The van der Waals surface area contributed by atoms with Gasteiger partial charge in [0, 0.05) is 18.7 Å². The molecule has 2 rings (SSSR count). The SMILES string of the molecule is Cc1cc(CO)ccc1N1CC(C)CC1=O. The zero-order valence-electron chi connectivity index (χ0n) is 9.73. The number of hydrogen-bond donors (Lipinski definition) is 1. The molecule has 0 bridgehead atoms. The van der Waals surface area contributed by atoms with E-state index in [4.69, 9.17) is 5.11 Å². The molecule has 86 valence electrons. The average molecular weight is 219 g/mol. The van der Waals surface area contributed by atoms with Crippen molar-refractivity contribution < 1.29 is 9.90 Å². The summed E-state index contributed by atoms with van der Waals surface area (Å²) in [7, 11) is 0. The van der Waals surface area contributed by atoms with Crippen molar-refractivity contribution in [2.24, 2.45) is 5.92 Å². The molecule has 1 N–H and O–H groups in total. The molecule has 1 saturated heterocycles. The second-order valence-corrected chi connectivity index (χ2v) is 4.59. The van der Waals surface area contributed by atoms with Crippen molar-refractivity contribution in [1.29, 1.82) is 0 Å². The van der Waals surface area contributed by atoms with Gasteiger partial charge in [-0.2, -0.15) is 0 Å². The molecular formula is C13H17NO2. The summed E-state index contributed by atoms with van der Waals surface area (Å²) in [5.41, 5.74) is 2.92. The molecule has 0 aromatic heterocycles. The van der Waals surface area contributed by atoms with Gasteiger partial charge in [-0.25, -0.2) is 0 Å². The van der Waals surface area contributed by atoms with Crippen LogP contribution in [0.25, 0.3) is 0 Å². The van der Waals surface area contributed by atoms with E-state index >= 15 is 0 Å². The maximum atomic E-state index is 11.8. The van der Waals surface area contributed by atoms with E-state index in [1.807, 2.05) is 30.0 Å². The Morgan fingerprint density at radius 3 is 2.75 bits per heavy atom. The standard InChI is InChI=1S/C13H17NO2/c1-9-5-13(16)14(7-9)12-4-3-11(8-15)6-10(12)2/h3-4,6,9,15H,5,7-8H2,1-2H3. The fraction of sp³-hybridized carbons (Fsp3) is 0.462.